The molecule has 0 radical (unpaired) electrons. The molecule has 2 heterocycles. The second-order valence-corrected chi connectivity index (χ2v) is 10.1. The first-order valence-electron chi connectivity index (χ1n) is 14.0. The van der Waals surface area contributed by atoms with Gasteiger partial charge in [-0.2, -0.15) is 9.61 Å². The van der Waals surface area contributed by atoms with Crippen molar-refractivity contribution < 1.29 is 9.90 Å². The van der Waals surface area contributed by atoms with Gasteiger partial charge in [0.2, 0.25) is 0 Å². The van der Waals surface area contributed by atoms with Crippen molar-refractivity contribution in [2.75, 3.05) is 5.32 Å². The van der Waals surface area contributed by atoms with Crippen LogP contribution in [-0.2, 0) is 13.1 Å². The van der Waals surface area contributed by atoms with Crippen LogP contribution in [0.3, 0.4) is 0 Å². The molecular formula is C34H30BN5O2. The molecule has 0 atom stereocenters. The number of rotatable bonds is 9. The van der Waals surface area contributed by atoms with E-state index in [0.29, 0.717) is 29.9 Å². The number of nitrogens with zero attached hydrogens (tertiary/aromatic N) is 3. The number of aromatic nitrogens is 3. The number of benzene rings is 4. The van der Waals surface area contributed by atoms with Crippen molar-refractivity contribution in [1.29, 1.82) is 0 Å². The third kappa shape index (κ3) is 5.60. The summed E-state index contributed by atoms with van der Waals surface area (Å²) in [5, 5.41) is 21.5. The SMILES string of the molecule is CBc1cnn2c(NCc3ccc(CNC(=O)c4ccccc4-c4ccccc4)cc3)cc(-c3ccccc3O)nc12. The number of para-hydroxylation sites is 1. The Morgan fingerprint density at radius 3 is 2.24 bits per heavy atom. The molecule has 42 heavy (non-hydrogen) atoms. The number of fused-ring (bicyclic) bond motifs is 1. The maximum absolute atomic E-state index is 13.1. The highest BCUT2D eigenvalue weighted by Gasteiger charge is 2.15. The van der Waals surface area contributed by atoms with Gasteiger partial charge in [-0.25, -0.2) is 4.98 Å². The van der Waals surface area contributed by atoms with Crippen LogP contribution in [0.1, 0.15) is 21.5 Å². The molecule has 0 aliphatic heterocycles. The molecule has 8 heteroatoms. The summed E-state index contributed by atoms with van der Waals surface area (Å²) >= 11 is 0. The molecule has 0 spiro atoms. The molecule has 206 valence electrons. The molecule has 0 aliphatic carbocycles. The number of hydrogen-bond donors (Lipinski definition) is 3. The van der Waals surface area contributed by atoms with Crippen molar-refractivity contribution in [2.45, 2.75) is 19.9 Å². The van der Waals surface area contributed by atoms with Gasteiger partial charge < -0.3 is 15.7 Å². The number of carbonyl (C=O) groups is 1. The molecule has 7 nitrogen and oxygen atoms in total. The van der Waals surface area contributed by atoms with Crippen LogP contribution >= 0.6 is 0 Å². The number of carbonyl (C=O) groups excluding carboxylic acids is 1. The number of aromatic hydroxyl groups is 1. The minimum atomic E-state index is -0.104. The summed E-state index contributed by atoms with van der Waals surface area (Å²) < 4.78 is 1.81. The molecule has 0 aliphatic rings. The second-order valence-electron chi connectivity index (χ2n) is 10.1. The number of nitrogens with one attached hydrogen (secondary N) is 2. The quantitative estimate of drug-likeness (QED) is 0.209. The van der Waals surface area contributed by atoms with Gasteiger partial charge in [0.1, 0.15) is 11.6 Å². The number of anilines is 1. The topological polar surface area (TPSA) is 91.5 Å². The Labute approximate surface area is 245 Å². The molecule has 0 bridgehead atoms. The van der Waals surface area contributed by atoms with Gasteiger partial charge in [0.15, 0.2) is 12.9 Å². The van der Waals surface area contributed by atoms with Crippen molar-refractivity contribution in [3.05, 3.63) is 132 Å². The maximum Gasteiger partial charge on any atom is 0.252 e. The van der Waals surface area contributed by atoms with Crippen molar-refractivity contribution >= 4 is 30.1 Å². The van der Waals surface area contributed by atoms with Gasteiger partial charge >= 0.3 is 0 Å². The van der Waals surface area contributed by atoms with Gasteiger partial charge in [-0.3, -0.25) is 4.79 Å². The first-order valence-corrected chi connectivity index (χ1v) is 14.0. The van der Waals surface area contributed by atoms with E-state index < -0.39 is 0 Å². The van der Waals surface area contributed by atoms with Crippen LogP contribution in [0.25, 0.3) is 28.0 Å². The predicted octanol–water partition coefficient (Wildman–Crippen LogP) is 5.42. The van der Waals surface area contributed by atoms with Crippen LogP contribution in [0.5, 0.6) is 5.75 Å². The molecule has 3 N–H and O–H groups in total. The largest absolute Gasteiger partial charge is 0.507 e. The summed E-state index contributed by atoms with van der Waals surface area (Å²) in [4.78, 5) is 17.9. The van der Waals surface area contributed by atoms with Crippen LogP contribution in [0.2, 0.25) is 6.82 Å². The first kappa shape index (κ1) is 26.8. The van der Waals surface area contributed by atoms with Gasteiger partial charge in [0.05, 0.1) is 5.69 Å². The van der Waals surface area contributed by atoms with Crippen LogP contribution < -0.4 is 16.1 Å². The minimum absolute atomic E-state index is 0.104. The number of phenolic OH excluding ortho intramolecular Hbond substituents is 1. The first-order chi connectivity index (χ1) is 20.6. The average molecular weight is 551 g/mol. The molecule has 0 fully saturated rings. The lowest BCUT2D eigenvalue weighted by Gasteiger charge is -2.13. The predicted molar refractivity (Wildman–Crippen MR) is 170 cm³/mol. The van der Waals surface area contributed by atoms with Crippen molar-refractivity contribution in [2.24, 2.45) is 0 Å². The fraction of sp³-hybridized carbons (Fsp3) is 0.0882. The summed E-state index contributed by atoms with van der Waals surface area (Å²) in [5.41, 5.74) is 7.82. The molecule has 6 aromatic rings. The van der Waals surface area contributed by atoms with E-state index >= 15 is 0 Å². The zero-order chi connectivity index (χ0) is 28.9. The van der Waals surface area contributed by atoms with Crippen molar-refractivity contribution in [1.82, 2.24) is 19.9 Å². The highest BCUT2D eigenvalue weighted by atomic mass is 16.3. The van der Waals surface area contributed by atoms with Crippen LogP contribution in [-0.4, -0.2) is 32.9 Å². The summed E-state index contributed by atoms with van der Waals surface area (Å²) in [7, 11) is 0.802. The van der Waals surface area contributed by atoms with Crippen molar-refractivity contribution in [3.63, 3.8) is 0 Å². The zero-order valence-electron chi connectivity index (χ0n) is 23.3. The fourth-order valence-electron chi connectivity index (χ4n) is 5.01. The molecule has 6 rings (SSSR count). The highest BCUT2D eigenvalue weighted by molar-refractivity contribution is 6.54. The van der Waals surface area contributed by atoms with E-state index in [9.17, 15) is 9.90 Å². The standard InChI is InChI=1S/C34H30BN5O2/c1-35-29-22-38-40-32(19-30(39-33(29)40)28-13-7-8-14-31(28)41)36-20-23-15-17-24(18-16-23)21-37-34(42)27-12-6-5-11-26(27)25-9-3-2-4-10-25/h2-19,22,35-36,41H,20-21H2,1H3,(H,37,42). The zero-order valence-corrected chi connectivity index (χ0v) is 23.3. The second kappa shape index (κ2) is 12.0. The van der Waals surface area contributed by atoms with Gasteiger partial charge in [-0.05, 0) is 45.9 Å². The summed E-state index contributed by atoms with van der Waals surface area (Å²) in [6.07, 6.45) is 1.84. The monoisotopic (exact) mass is 551 g/mol. The summed E-state index contributed by atoms with van der Waals surface area (Å²) in [6, 6.07) is 34.9. The number of hydrogen-bond acceptors (Lipinski definition) is 5. The van der Waals surface area contributed by atoms with E-state index in [4.69, 9.17) is 4.98 Å². The van der Waals surface area contributed by atoms with Crippen LogP contribution in [0, 0.1) is 0 Å². The molecule has 2 aromatic heterocycles. The summed E-state index contributed by atoms with van der Waals surface area (Å²) in [6.45, 7) is 3.07. The van der Waals surface area contributed by atoms with E-state index in [-0.39, 0.29) is 11.7 Å². The molecule has 0 saturated carbocycles. The molecule has 1 amide bonds. The van der Waals surface area contributed by atoms with E-state index in [1.165, 1.54) is 0 Å². The van der Waals surface area contributed by atoms with E-state index in [2.05, 4.69) is 34.7 Å². The number of amides is 1. The van der Waals surface area contributed by atoms with Crippen LogP contribution in [0.15, 0.2) is 115 Å². The smallest absolute Gasteiger partial charge is 0.252 e. The molecule has 0 unspecified atom stereocenters. The average Bonchev–Trinajstić information content (AvgIpc) is 3.47. The Morgan fingerprint density at radius 1 is 0.833 bits per heavy atom. The lowest BCUT2D eigenvalue weighted by atomic mass is 9.75. The Kier molecular flexibility index (Phi) is 7.68. The van der Waals surface area contributed by atoms with Crippen LogP contribution in [0.4, 0.5) is 5.82 Å². The minimum Gasteiger partial charge on any atom is -0.507 e. The van der Waals surface area contributed by atoms with Crippen molar-refractivity contribution in [3.8, 4) is 28.1 Å². The van der Waals surface area contributed by atoms with Gasteiger partial charge in [0, 0.05) is 36.5 Å². The molecule has 4 aromatic carbocycles. The molecule has 0 saturated heterocycles. The Hall–Kier alpha value is -5.37. The Balaban J connectivity index is 1.15. The highest BCUT2D eigenvalue weighted by Crippen LogP contribution is 2.29. The lowest BCUT2D eigenvalue weighted by molar-refractivity contribution is 0.0951. The van der Waals surface area contributed by atoms with E-state index in [1.807, 2.05) is 91.1 Å². The third-order valence-corrected chi connectivity index (χ3v) is 7.31. The van der Waals surface area contributed by atoms with Gasteiger partial charge in [0.25, 0.3) is 5.91 Å². The Morgan fingerprint density at radius 2 is 1.50 bits per heavy atom. The van der Waals surface area contributed by atoms with Gasteiger partial charge in [-0.15, -0.1) is 0 Å². The van der Waals surface area contributed by atoms with E-state index in [1.54, 1.807) is 16.6 Å². The molecular weight excluding hydrogens is 521 g/mol. The van der Waals surface area contributed by atoms with Gasteiger partial charge in [-0.1, -0.05) is 91.8 Å². The number of phenols is 1. The normalized spacial score (nSPS) is 10.9. The third-order valence-electron chi connectivity index (χ3n) is 7.31. The maximum atomic E-state index is 13.1. The summed E-state index contributed by atoms with van der Waals surface area (Å²) in [5.74, 6) is 0.864. The van der Waals surface area contributed by atoms with E-state index in [0.717, 1.165) is 46.5 Å². The fourth-order valence-corrected chi connectivity index (χ4v) is 5.01. The Bertz CT molecular complexity index is 1850. The lowest BCUT2D eigenvalue weighted by Crippen LogP contribution is -2.23.